The molecule has 2 heterocycles. The van der Waals surface area contributed by atoms with Crippen LogP contribution < -0.4 is 10.6 Å². The molecule has 1 aromatic heterocycles. The van der Waals surface area contributed by atoms with Gasteiger partial charge in [-0.15, -0.1) is 0 Å². The van der Waals surface area contributed by atoms with Gasteiger partial charge in [-0.25, -0.2) is 4.98 Å². The fourth-order valence-electron chi connectivity index (χ4n) is 2.91. The molecule has 112 valence electrons. The maximum Gasteiger partial charge on any atom is 0.223 e. The number of hydrogen-bond acceptors (Lipinski definition) is 3. The van der Waals surface area contributed by atoms with E-state index in [2.05, 4.69) is 20.6 Å². The molecule has 1 saturated heterocycles. The maximum atomic E-state index is 12.2. The fraction of sp³-hybridized carbons (Fsp3) is 0.500. The van der Waals surface area contributed by atoms with Gasteiger partial charge in [-0.2, -0.15) is 0 Å². The van der Waals surface area contributed by atoms with Crippen LogP contribution in [-0.4, -0.2) is 29.0 Å². The summed E-state index contributed by atoms with van der Waals surface area (Å²) in [5, 5.41) is 6.35. The Labute approximate surface area is 124 Å². The summed E-state index contributed by atoms with van der Waals surface area (Å²) in [6.07, 6.45) is 2.96. The van der Waals surface area contributed by atoms with E-state index in [4.69, 9.17) is 0 Å². The lowest BCUT2D eigenvalue weighted by Crippen LogP contribution is -2.31. The van der Waals surface area contributed by atoms with Gasteiger partial charge in [-0.05, 0) is 50.9 Å². The van der Waals surface area contributed by atoms with Gasteiger partial charge in [0.1, 0.15) is 5.82 Å². The van der Waals surface area contributed by atoms with E-state index in [0.29, 0.717) is 6.54 Å². The number of carbonyl (C=O) groups is 1. The number of para-hydroxylation sites is 1. The largest absolute Gasteiger partial charge is 0.349 e. The predicted octanol–water partition coefficient (Wildman–Crippen LogP) is 1.88. The third kappa shape index (κ3) is 3.24. The van der Waals surface area contributed by atoms with Crippen LogP contribution in [0.3, 0.4) is 0 Å². The number of rotatable bonds is 3. The van der Waals surface area contributed by atoms with Crippen LogP contribution in [0.1, 0.15) is 30.7 Å². The third-order valence-electron chi connectivity index (χ3n) is 4.14. The number of benzene rings is 1. The van der Waals surface area contributed by atoms with Gasteiger partial charge in [0, 0.05) is 5.92 Å². The third-order valence-corrected chi connectivity index (χ3v) is 4.14. The first-order valence-corrected chi connectivity index (χ1v) is 7.66. The van der Waals surface area contributed by atoms with Crippen molar-refractivity contribution in [3.8, 4) is 0 Å². The van der Waals surface area contributed by atoms with Gasteiger partial charge >= 0.3 is 0 Å². The van der Waals surface area contributed by atoms with Gasteiger partial charge in [0.2, 0.25) is 5.91 Å². The van der Waals surface area contributed by atoms with Crippen LogP contribution in [0.25, 0.3) is 11.0 Å². The zero-order valence-corrected chi connectivity index (χ0v) is 12.4. The second-order valence-corrected chi connectivity index (χ2v) is 5.75. The number of imidazole rings is 1. The van der Waals surface area contributed by atoms with Crippen LogP contribution in [0.4, 0.5) is 0 Å². The molecule has 0 radical (unpaired) electrons. The van der Waals surface area contributed by atoms with Crippen molar-refractivity contribution in [2.24, 2.45) is 5.92 Å². The highest BCUT2D eigenvalue weighted by Gasteiger charge is 2.19. The monoisotopic (exact) mass is 286 g/mol. The van der Waals surface area contributed by atoms with Gasteiger partial charge in [0.25, 0.3) is 0 Å². The van der Waals surface area contributed by atoms with Crippen LogP contribution in [0.2, 0.25) is 0 Å². The van der Waals surface area contributed by atoms with Crippen LogP contribution >= 0.6 is 0 Å². The summed E-state index contributed by atoms with van der Waals surface area (Å²) < 4.78 is 0. The molecule has 0 saturated carbocycles. The molecule has 1 unspecified atom stereocenters. The molecule has 2 aromatic rings. The zero-order valence-electron chi connectivity index (χ0n) is 12.4. The van der Waals surface area contributed by atoms with Crippen molar-refractivity contribution in [3.63, 3.8) is 0 Å². The molecule has 3 N–H and O–H groups in total. The Morgan fingerprint density at radius 1 is 1.38 bits per heavy atom. The average molecular weight is 286 g/mol. The SMILES string of the molecule is Cc1cccc2[nH]c(CNC(=O)C3CCCNCC3)nc12. The van der Waals surface area contributed by atoms with E-state index >= 15 is 0 Å². The van der Waals surface area contributed by atoms with E-state index in [0.717, 1.165) is 54.8 Å². The Bertz CT molecular complexity index is 626. The van der Waals surface area contributed by atoms with Gasteiger partial charge in [-0.1, -0.05) is 12.1 Å². The van der Waals surface area contributed by atoms with E-state index in [1.165, 1.54) is 0 Å². The Morgan fingerprint density at radius 2 is 2.29 bits per heavy atom. The molecule has 0 spiro atoms. The fourth-order valence-corrected chi connectivity index (χ4v) is 2.91. The van der Waals surface area contributed by atoms with Crippen molar-refractivity contribution in [3.05, 3.63) is 29.6 Å². The Kier molecular flexibility index (Phi) is 4.20. The molecule has 1 aromatic carbocycles. The highest BCUT2D eigenvalue weighted by molar-refractivity contribution is 5.80. The first-order valence-electron chi connectivity index (χ1n) is 7.66. The summed E-state index contributed by atoms with van der Waals surface area (Å²) in [7, 11) is 0. The number of H-pyrrole nitrogens is 1. The van der Waals surface area contributed by atoms with Gasteiger partial charge in [0.15, 0.2) is 0 Å². The molecule has 21 heavy (non-hydrogen) atoms. The Hall–Kier alpha value is -1.88. The van der Waals surface area contributed by atoms with Crippen molar-refractivity contribution < 1.29 is 4.79 Å². The van der Waals surface area contributed by atoms with Crippen LogP contribution in [-0.2, 0) is 11.3 Å². The van der Waals surface area contributed by atoms with E-state index < -0.39 is 0 Å². The minimum Gasteiger partial charge on any atom is -0.349 e. The first-order chi connectivity index (χ1) is 10.2. The average Bonchev–Trinajstić information content (AvgIpc) is 2.71. The highest BCUT2D eigenvalue weighted by Crippen LogP contribution is 2.16. The molecular formula is C16H22N4O. The second-order valence-electron chi connectivity index (χ2n) is 5.75. The van der Waals surface area contributed by atoms with Crippen LogP contribution in [0, 0.1) is 12.8 Å². The topological polar surface area (TPSA) is 69.8 Å². The lowest BCUT2D eigenvalue weighted by atomic mass is 10.00. The number of hydrogen-bond donors (Lipinski definition) is 3. The smallest absolute Gasteiger partial charge is 0.223 e. The molecule has 1 amide bonds. The van der Waals surface area contributed by atoms with Gasteiger partial charge < -0.3 is 15.6 Å². The molecule has 1 aliphatic heterocycles. The number of amides is 1. The molecule has 5 nitrogen and oxygen atoms in total. The number of carbonyl (C=O) groups excluding carboxylic acids is 1. The number of nitrogens with zero attached hydrogens (tertiary/aromatic N) is 1. The van der Waals surface area contributed by atoms with Crippen LogP contribution in [0.15, 0.2) is 18.2 Å². The van der Waals surface area contributed by atoms with Gasteiger partial charge in [0.05, 0.1) is 17.6 Å². The summed E-state index contributed by atoms with van der Waals surface area (Å²) in [5.41, 5.74) is 3.16. The molecule has 1 fully saturated rings. The molecule has 1 aliphatic rings. The highest BCUT2D eigenvalue weighted by atomic mass is 16.1. The summed E-state index contributed by atoms with van der Waals surface area (Å²) in [4.78, 5) is 20.1. The predicted molar refractivity (Wildman–Crippen MR) is 82.9 cm³/mol. The summed E-state index contributed by atoms with van der Waals surface area (Å²) in [6.45, 7) is 4.47. The van der Waals surface area contributed by atoms with Crippen molar-refractivity contribution in [1.29, 1.82) is 0 Å². The minimum atomic E-state index is 0.131. The molecule has 1 atom stereocenters. The molecule has 0 aliphatic carbocycles. The lowest BCUT2D eigenvalue weighted by molar-refractivity contribution is -0.125. The molecule has 3 rings (SSSR count). The van der Waals surface area contributed by atoms with E-state index in [1.807, 2.05) is 25.1 Å². The Balaban J connectivity index is 1.63. The molecular weight excluding hydrogens is 264 g/mol. The van der Waals surface area contributed by atoms with E-state index in [9.17, 15) is 4.79 Å². The summed E-state index contributed by atoms with van der Waals surface area (Å²) in [5.74, 6) is 1.10. The van der Waals surface area contributed by atoms with Crippen molar-refractivity contribution in [2.75, 3.05) is 13.1 Å². The summed E-state index contributed by atoms with van der Waals surface area (Å²) >= 11 is 0. The van der Waals surface area contributed by atoms with Crippen LogP contribution in [0.5, 0.6) is 0 Å². The number of aromatic nitrogens is 2. The van der Waals surface area contributed by atoms with E-state index in [-0.39, 0.29) is 11.8 Å². The molecule has 0 bridgehead atoms. The normalized spacial score (nSPS) is 19.4. The van der Waals surface area contributed by atoms with E-state index in [1.54, 1.807) is 0 Å². The standard InChI is InChI=1S/C16H22N4O/c1-11-4-2-6-13-15(11)20-14(19-13)10-18-16(21)12-5-3-8-17-9-7-12/h2,4,6,12,17H,3,5,7-10H2,1H3,(H,18,21)(H,19,20). The summed E-state index contributed by atoms with van der Waals surface area (Å²) in [6, 6.07) is 6.07. The minimum absolute atomic E-state index is 0.131. The van der Waals surface area contributed by atoms with Crippen molar-refractivity contribution >= 4 is 16.9 Å². The lowest BCUT2D eigenvalue weighted by Gasteiger charge is -2.12. The maximum absolute atomic E-state index is 12.2. The van der Waals surface area contributed by atoms with Crippen molar-refractivity contribution in [1.82, 2.24) is 20.6 Å². The quantitative estimate of drug-likeness (QED) is 0.807. The zero-order chi connectivity index (χ0) is 14.7. The first kappa shape index (κ1) is 14.1. The number of aryl methyl sites for hydroxylation is 1. The van der Waals surface area contributed by atoms with Gasteiger partial charge in [-0.3, -0.25) is 4.79 Å². The number of fused-ring (bicyclic) bond motifs is 1. The number of aromatic amines is 1. The van der Waals surface area contributed by atoms with Crippen molar-refractivity contribution in [2.45, 2.75) is 32.7 Å². The number of nitrogens with one attached hydrogen (secondary N) is 3. The molecule has 5 heteroatoms. The second kappa shape index (κ2) is 6.26. The Morgan fingerprint density at radius 3 is 3.14 bits per heavy atom.